The lowest BCUT2D eigenvalue weighted by atomic mass is 10.0. The third-order valence-electron chi connectivity index (χ3n) is 3.30. The molecule has 1 saturated heterocycles. The van der Waals surface area contributed by atoms with Gasteiger partial charge in [0, 0.05) is 18.1 Å². The summed E-state index contributed by atoms with van der Waals surface area (Å²) in [6.07, 6.45) is 3.81. The van der Waals surface area contributed by atoms with Crippen molar-refractivity contribution in [3.05, 3.63) is 16.6 Å². The Morgan fingerprint density at radius 1 is 1.65 bits per heavy atom. The smallest absolute Gasteiger partial charge is 0.240 e. The molecule has 2 rings (SSSR count). The summed E-state index contributed by atoms with van der Waals surface area (Å²) in [5.74, 6) is 0.810. The van der Waals surface area contributed by atoms with Crippen molar-refractivity contribution in [2.24, 2.45) is 5.92 Å². The summed E-state index contributed by atoms with van der Waals surface area (Å²) in [5, 5.41) is 6.10. The number of amides is 1. The van der Waals surface area contributed by atoms with Crippen LogP contribution in [0.2, 0.25) is 0 Å². The van der Waals surface area contributed by atoms with Crippen molar-refractivity contribution in [1.82, 2.24) is 15.2 Å². The van der Waals surface area contributed by atoms with E-state index in [0.717, 1.165) is 24.4 Å². The Morgan fingerprint density at radius 2 is 2.47 bits per heavy atom. The van der Waals surface area contributed by atoms with Gasteiger partial charge >= 0.3 is 0 Å². The number of carbonyl (C=O) groups excluding carboxylic acids is 1. The van der Waals surface area contributed by atoms with Crippen LogP contribution in [0.15, 0.2) is 11.6 Å². The highest BCUT2D eigenvalue weighted by molar-refractivity contribution is 7.09. The van der Waals surface area contributed by atoms with Gasteiger partial charge in [0.15, 0.2) is 0 Å². The molecule has 2 heterocycles. The summed E-state index contributed by atoms with van der Waals surface area (Å²) >= 11 is 1.61. The maximum Gasteiger partial charge on any atom is 0.240 e. The zero-order chi connectivity index (χ0) is 12.3. The summed E-state index contributed by atoms with van der Waals surface area (Å²) in [6, 6.07) is -0.0348. The summed E-state index contributed by atoms with van der Waals surface area (Å²) in [6.45, 7) is 3.71. The summed E-state index contributed by atoms with van der Waals surface area (Å²) in [5.41, 5.74) is 0. The standard InChI is InChI=1S/C12H19N3OS/c1-9-3-5-15(8-11-14-4-6-17-11)12(16)10(7-9)13-2/h4,6,9-10,13H,3,5,7-8H2,1-2H3. The molecule has 1 aromatic heterocycles. The van der Waals surface area contributed by atoms with E-state index in [1.165, 1.54) is 0 Å². The maximum atomic E-state index is 12.3. The van der Waals surface area contributed by atoms with Crippen LogP contribution in [0.25, 0.3) is 0 Å². The van der Waals surface area contributed by atoms with E-state index in [4.69, 9.17) is 0 Å². The lowest BCUT2D eigenvalue weighted by Crippen LogP contribution is -2.43. The molecule has 1 amide bonds. The van der Waals surface area contributed by atoms with E-state index in [2.05, 4.69) is 17.2 Å². The molecule has 0 spiro atoms. The molecule has 0 radical (unpaired) electrons. The van der Waals surface area contributed by atoms with E-state index >= 15 is 0 Å². The minimum Gasteiger partial charge on any atom is -0.335 e. The van der Waals surface area contributed by atoms with Gasteiger partial charge in [-0.1, -0.05) is 6.92 Å². The molecule has 4 nitrogen and oxygen atoms in total. The van der Waals surface area contributed by atoms with Crippen molar-refractivity contribution < 1.29 is 4.79 Å². The van der Waals surface area contributed by atoms with E-state index < -0.39 is 0 Å². The molecule has 2 unspecified atom stereocenters. The highest BCUT2D eigenvalue weighted by atomic mass is 32.1. The zero-order valence-electron chi connectivity index (χ0n) is 10.3. The zero-order valence-corrected chi connectivity index (χ0v) is 11.2. The first-order valence-corrected chi connectivity index (χ1v) is 6.93. The summed E-state index contributed by atoms with van der Waals surface area (Å²) in [7, 11) is 1.86. The van der Waals surface area contributed by atoms with Crippen LogP contribution >= 0.6 is 11.3 Å². The second kappa shape index (κ2) is 5.60. The van der Waals surface area contributed by atoms with Gasteiger partial charge in [0.2, 0.25) is 5.91 Å². The van der Waals surface area contributed by atoms with Gasteiger partial charge in [0.05, 0.1) is 12.6 Å². The average molecular weight is 253 g/mol. The molecule has 0 saturated carbocycles. The minimum atomic E-state index is -0.0348. The van der Waals surface area contributed by atoms with E-state index in [1.807, 2.05) is 17.3 Å². The monoisotopic (exact) mass is 253 g/mol. The van der Waals surface area contributed by atoms with Gasteiger partial charge in [0.25, 0.3) is 0 Å². The number of aromatic nitrogens is 1. The molecule has 2 atom stereocenters. The van der Waals surface area contributed by atoms with Crippen molar-refractivity contribution in [3.8, 4) is 0 Å². The molecule has 1 fully saturated rings. The Balaban J connectivity index is 2.07. The van der Waals surface area contributed by atoms with Crippen LogP contribution in [0.4, 0.5) is 0 Å². The molecule has 1 aliphatic rings. The predicted molar refractivity (Wildman–Crippen MR) is 68.8 cm³/mol. The molecule has 17 heavy (non-hydrogen) atoms. The molecule has 94 valence electrons. The molecule has 0 aliphatic carbocycles. The molecule has 0 bridgehead atoms. The fraction of sp³-hybridized carbons (Fsp3) is 0.667. The largest absolute Gasteiger partial charge is 0.335 e. The van der Waals surface area contributed by atoms with Crippen molar-refractivity contribution in [2.45, 2.75) is 32.4 Å². The Hall–Kier alpha value is -0.940. The van der Waals surface area contributed by atoms with Crippen LogP contribution in [0.1, 0.15) is 24.8 Å². The van der Waals surface area contributed by atoms with Gasteiger partial charge in [0.1, 0.15) is 5.01 Å². The van der Waals surface area contributed by atoms with E-state index in [0.29, 0.717) is 12.5 Å². The van der Waals surface area contributed by atoms with Crippen molar-refractivity contribution in [3.63, 3.8) is 0 Å². The number of hydrogen-bond acceptors (Lipinski definition) is 4. The third kappa shape index (κ3) is 3.04. The quantitative estimate of drug-likeness (QED) is 0.887. The van der Waals surface area contributed by atoms with Crippen LogP contribution in [0.3, 0.4) is 0 Å². The van der Waals surface area contributed by atoms with Crippen LogP contribution in [-0.4, -0.2) is 35.4 Å². The Labute approximate surface area is 106 Å². The lowest BCUT2D eigenvalue weighted by molar-refractivity contribution is -0.133. The fourth-order valence-corrected chi connectivity index (χ4v) is 2.85. The predicted octanol–water partition coefficient (Wildman–Crippen LogP) is 1.49. The first-order valence-electron chi connectivity index (χ1n) is 6.05. The number of hydrogen-bond donors (Lipinski definition) is 1. The topological polar surface area (TPSA) is 45.2 Å². The SMILES string of the molecule is CNC1CC(C)CCN(Cc2nccs2)C1=O. The molecular formula is C12H19N3OS. The van der Waals surface area contributed by atoms with Crippen LogP contribution in [0.5, 0.6) is 0 Å². The van der Waals surface area contributed by atoms with Gasteiger partial charge in [-0.05, 0) is 25.8 Å². The molecule has 1 aliphatic heterocycles. The summed E-state index contributed by atoms with van der Waals surface area (Å²) in [4.78, 5) is 18.5. The fourth-order valence-electron chi connectivity index (χ4n) is 2.22. The van der Waals surface area contributed by atoms with Crippen LogP contribution in [0, 0.1) is 5.92 Å². The Bertz CT molecular complexity index is 366. The minimum absolute atomic E-state index is 0.0348. The highest BCUT2D eigenvalue weighted by Gasteiger charge is 2.28. The number of nitrogens with one attached hydrogen (secondary N) is 1. The van der Waals surface area contributed by atoms with Crippen molar-refractivity contribution >= 4 is 17.2 Å². The lowest BCUT2D eigenvalue weighted by Gasteiger charge is -2.23. The Morgan fingerprint density at radius 3 is 3.12 bits per heavy atom. The van der Waals surface area contributed by atoms with E-state index in [9.17, 15) is 4.79 Å². The third-order valence-corrected chi connectivity index (χ3v) is 4.06. The molecule has 5 heteroatoms. The maximum absolute atomic E-state index is 12.3. The molecule has 0 aromatic carbocycles. The van der Waals surface area contributed by atoms with Gasteiger partial charge < -0.3 is 10.2 Å². The van der Waals surface area contributed by atoms with Crippen LogP contribution in [-0.2, 0) is 11.3 Å². The number of likely N-dealkylation sites (N-methyl/N-ethyl adjacent to an activating group) is 1. The van der Waals surface area contributed by atoms with Crippen molar-refractivity contribution in [1.29, 1.82) is 0 Å². The van der Waals surface area contributed by atoms with Crippen molar-refractivity contribution in [2.75, 3.05) is 13.6 Å². The van der Waals surface area contributed by atoms with Gasteiger partial charge in [-0.3, -0.25) is 4.79 Å². The number of rotatable bonds is 3. The number of thiazole rings is 1. The molecule has 1 N–H and O–H groups in total. The number of likely N-dealkylation sites (tertiary alicyclic amines) is 1. The molecular weight excluding hydrogens is 234 g/mol. The van der Waals surface area contributed by atoms with Gasteiger partial charge in [-0.2, -0.15) is 0 Å². The van der Waals surface area contributed by atoms with Gasteiger partial charge in [-0.25, -0.2) is 4.98 Å². The number of nitrogens with zero attached hydrogens (tertiary/aromatic N) is 2. The normalized spacial score (nSPS) is 26.0. The van der Waals surface area contributed by atoms with E-state index in [-0.39, 0.29) is 11.9 Å². The summed E-state index contributed by atoms with van der Waals surface area (Å²) < 4.78 is 0. The van der Waals surface area contributed by atoms with Gasteiger partial charge in [-0.15, -0.1) is 11.3 Å². The molecule has 1 aromatic rings. The Kier molecular flexibility index (Phi) is 4.12. The average Bonchev–Trinajstić information content (AvgIpc) is 2.78. The first kappa shape index (κ1) is 12.5. The van der Waals surface area contributed by atoms with E-state index in [1.54, 1.807) is 17.5 Å². The second-order valence-corrected chi connectivity index (χ2v) is 5.64. The van der Waals surface area contributed by atoms with Crippen LogP contribution < -0.4 is 5.32 Å². The number of carbonyl (C=O) groups is 1. The second-order valence-electron chi connectivity index (χ2n) is 4.66. The first-order chi connectivity index (χ1) is 8.20. The highest BCUT2D eigenvalue weighted by Crippen LogP contribution is 2.20.